The first kappa shape index (κ1) is 12.5. The molecule has 0 saturated carbocycles. The van der Waals surface area contributed by atoms with Crippen LogP contribution in [0.15, 0.2) is 53.4 Å². The molecule has 92 valence electrons. The minimum absolute atomic E-state index is 0.149. The van der Waals surface area contributed by atoms with Crippen LogP contribution in [-0.4, -0.2) is 17.3 Å². The van der Waals surface area contributed by atoms with Crippen molar-refractivity contribution in [2.45, 2.75) is 4.90 Å². The lowest BCUT2D eigenvalue weighted by atomic mass is 10.2. The van der Waals surface area contributed by atoms with Crippen LogP contribution in [0.25, 0.3) is 0 Å². The summed E-state index contributed by atoms with van der Waals surface area (Å²) in [4.78, 5) is 13.0. The monoisotopic (exact) mass is 259 g/mol. The van der Waals surface area contributed by atoms with Gasteiger partial charge in [0.1, 0.15) is 5.75 Å². The molecule has 2 aromatic rings. The highest BCUT2D eigenvalue weighted by atomic mass is 32.2. The molecular formula is C14H13NO2S. The van der Waals surface area contributed by atoms with Crippen molar-refractivity contribution >= 4 is 23.4 Å². The lowest BCUT2D eigenvalue weighted by molar-refractivity contribution is 0.102. The van der Waals surface area contributed by atoms with Crippen molar-refractivity contribution < 1.29 is 9.90 Å². The zero-order valence-corrected chi connectivity index (χ0v) is 10.7. The van der Waals surface area contributed by atoms with Crippen molar-refractivity contribution in [3.63, 3.8) is 0 Å². The molecule has 2 rings (SSSR count). The minimum Gasteiger partial charge on any atom is -0.508 e. The molecule has 0 atom stereocenters. The Balaban J connectivity index is 2.13. The normalized spacial score (nSPS) is 10.1. The lowest BCUT2D eigenvalue weighted by Crippen LogP contribution is -2.11. The van der Waals surface area contributed by atoms with Crippen LogP contribution in [0.1, 0.15) is 10.4 Å². The van der Waals surface area contributed by atoms with Gasteiger partial charge in [0.05, 0.1) is 0 Å². The number of amides is 1. The van der Waals surface area contributed by atoms with Crippen LogP contribution in [0.4, 0.5) is 5.69 Å². The van der Waals surface area contributed by atoms with Crippen molar-refractivity contribution in [2.75, 3.05) is 11.6 Å². The number of phenols is 1. The van der Waals surface area contributed by atoms with E-state index in [9.17, 15) is 4.79 Å². The van der Waals surface area contributed by atoms with Crippen LogP contribution in [0.2, 0.25) is 0 Å². The number of rotatable bonds is 3. The van der Waals surface area contributed by atoms with E-state index < -0.39 is 0 Å². The third-order valence-corrected chi connectivity index (χ3v) is 3.18. The molecule has 0 heterocycles. The van der Waals surface area contributed by atoms with Gasteiger partial charge in [-0.05, 0) is 48.7 Å². The van der Waals surface area contributed by atoms with Gasteiger partial charge in [0, 0.05) is 16.1 Å². The number of phenolic OH excluding ortho intramolecular Hbond substituents is 1. The average Bonchev–Trinajstić information content (AvgIpc) is 2.39. The highest BCUT2D eigenvalue weighted by molar-refractivity contribution is 7.98. The molecule has 18 heavy (non-hydrogen) atoms. The van der Waals surface area contributed by atoms with E-state index in [-0.39, 0.29) is 11.7 Å². The SMILES string of the molecule is CSc1cccc(NC(=O)c2ccc(O)cc2)c1. The summed E-state index contributed by atoms with van der Waals surface area (Å²) in [6, 6.07) is 13.8. The molecule has 2 N–H and O–H groups in total. The number of nitrogens with one attached hydrogen (secondary N) is 1. The van der Waals surface area contributed by atoms with Crippen LogP contribution < -0.4 is 5.32 Å². The van der Waals surface area contributed by atoms with E-state index in [1.807, 2.05) is 30.5 Å². The van der Waals surface area contributed by atoms with Gasteiger partial charge < -0.3 is 10.4 Å². The molecule has 0 spiro atoms. The van der Waals surface area contributed by atoms with E-state index >= 15 is 0 Å². The first-order valence-electron chi connectivity index (χ1n) is 5.43. The minimum atomic E-state index is -0.187. The predicted molar refractivity (Wildman–Crippen MR) is 74.3 cm³/mol. The number of carbonyl (C=O) groups excluding carboxylic acids is 1. The summed E-state index contributed by atoms with van der Waals surface area (Å²) < 4.78 is 0. The van der Waals surface area contributed by atoms with Crippen molar-refractivity contribution in [1.29, 1.82) is 0 Å². The summed E-state index contributed by atoms with van der Waals surface area (Å²) in [6.07, 6.45) is 1.99. The largest absolute Gasteiger partial charge is 0.508 e. The zero-order chi connectivity index (χ0) is 13.0. The number of hydrogen-bond acceptors (Lipinski definition) is 3. The zero-order valence-electron chi connectivity index (χ0n) is 9.88. The first-order valence-corrected chi connectivity index (χ1v) is 6.66. The molecule has 0 radical (unpaired) electrons. The molecule has 0 unspecified atom stereocenters. The molecule has 4 heteroatoms. The van der Waals surface area contributed by atoms with Gasteiger partial charge in [-0.3, -0.25) is 4.79 Å². The summed E-state index contributed by atoms with van der Waals surface area (Å²) in [5.41, 5.74) is 1.28. The summed E-state index contributed by atoms with van der Waals surface area (Å²) in [5.74, 6) is -0.0378. The van der Waals surface area contributed by atoms with Crippen LogP contribution in [0.3, 0.4) is 0 Å². The van der Waals surface area contributed by atoms with E-state index in [4.69, 9.17) is 5.11 Å². The standard InChI is InChI=1S/C14H13NO2S/c1-18-13-4-2-3-11(9-13)15-14(17)10-5-7-12(16)8-6-10/h2-9,16H,1H3,(H,15,17). The van der Waals surface area contributed by atoms with Crippen molar-refractivity contribution in [1.82, 2.24) is 0 Å². The highest BCUT2D eigenvalue weighted by Crippen LogP contribution is 2.19. The molecule has 0 aliphatic heterocycles. The number of carbonyl (C=O) groups is 1. The number of benzene rings is 2. The molecule has 0 saturated heterocycles. The van der Waals surface area contributed by atoms with E-state index in [1.165, 1.54) is 12.1 Å². The Hall–Kier alpha value is -1.94. The number of hydrogen-bond donors (Lipinski definition) is 2. The van der Waals surface area contributed by atoms with Gasteiger partial charge in [0.15, 0.2) is 0 Å². The molecule has 2 aromatic carbocycles. The van der Waals surface area contributed by atoms with Crippen LogP contribution in [0, 0.1) is 0 Å². The lowest BCUT2D eigenvalue weighted by Gasteiger charge is -2.06. The fraction of sp³-hybridized carbons (Fsp3) is 0.0714. The third-order valence-electron chi connectivity index (χ3n) is 2.46. The van der Waals surface area contributed by atoms with Crippen LogP contribution >= 0.6 is 11.8 Å². The summed E-state index contributed by atoms with van der Waals surface area (Å²) in [5, 5.41) is 12.0. The quantitative estimate of drug-likeness (QED) is 0.831. The summed E-state index contributed by atoms with van der Waals surface area (Å²) in [6.45, 7) is 0. The average molecular weight is 259 g/mol. The maximum atomic E-state index is 11.9. The Morgan fingerprint density at radius 2 is 1.89 bits per heavy atom. The van der Waals surface area contributed by atoms with Crippen LogP contribution in [-0.2, 0) is 0 Å². The van der Waals surface area contributed by atoms with E-state index in [0.717, 1.165) is 10.6 Å². The second kappa shape index (κ2) is 5.60. The summed E-state index contributed by atoms with van der Waals surface area (Å²) in [7, 11) is 0. The predicted octanol–water partition coefficient (Wildman–Crippen LogP) is 3.37. The van der Waals surface area contributed by atoms with E-state index in [1.54, 1.807) is 23.9 Å². The molecule has 0 aliphatic carbocycles. The van der Waals surface area contributed by atoms with Gasteiger partial charge in [-0.15, -0.1) is 11.8 Å². The maximum Gasteiger partial charge on any atom is 0.255 e. The topological polar surface area (TPSA) is 49.3 Å². The molecule has 0 aliphatic rings. The molecule has 3 nitrogen and oxygen atoms in total. The highest BCUT2D eigenvalue weighted by Gasteiger charge is 2.06. The molecule has 1 amide bonds. The molecule has 0 bridgehead atoms. The Kier molecular flexibility index (Phi) is 3.89. The van der Waals surface area contributed by atoms with Gasteiger partial charge in [0.25, 0.3) is 5.91 Å². The Morgan fingerprint density at radius 3 is 2.56 bits per heavy atom. The van der Waals surface area contributed by atoms with Crippen molar-refractivity contribution in [3.05, 3.63) is 54.1 Å². The third kappa shape index (κ3) is 3.05. The van der Waals surface area contributed by atoms with Crippen molar-refractivity contribution in [3.8, 4) is 5.75 Å². The van der Waals surface area contributed by atoms with E-state index in [0.29, 0.717) is 5.56 Å². The van der Waals surface area contributed by atoms with Gasteiger partial charge in [-0.1, -0.05) is 6.07 Å². The smallest absolute Gasteiger partial charge is 0.255 e. The first-order chi connectivity index (χ1) is 8.69. The molecular weight excluding hydrogens is 246 g/mol. The number of anilines is 1. The second-order valence-corrected chi connectivity index (χ2v) is 4.61. The van der Waals surface area contributed by atoms with Gasteiger partial charge in [-0.25, -0.2) is 0 Å². The number of thioether (sulfide) groups is 1. The maximum absolute atomic E-state index is 11.9. The van der Waals surface area contributed by atoms with Gasteiger partial charge in [0.2, 0.25) is 0 Å². The second-order valence-electron chi connectivity index (χ2n) is 3.73. The fourth-order valence-corrected chi connectivity index (χ4v) is 1.98. The van der Waals surface area contributed by atoms with E-state index in [2.05, 4.69) is 5.32 Å². The molecule has 0 aromatic heterocycles. The Morgan fingerprint density at radius 1 is 1.17 bits per heavy atom. The Labute approximate surface area is 110 Å². The van der Waals surface area contributed by atoms with Crippen molar-refractivity contribution in [2.24, 2.45) is 0 Å². The fourth-order valence-electron chi connectivity index (χ4n) is 1.52. The number of aromatic hydroxyl groups is 1. The molecule has 0 fully saturated rings. The summed E-state index contributed by atoms with van der Waals surface area (Å²) >= 11 is 1.62. The van der Waals surface area contributed by atoms with Crippen LogP contribution in [0.5, 0.6) is 5.75 Å². The van der Waals surface area contributed by atoms with Gasteiger partial charge >= 0.3 is 0 Å². The Bertz CT molecular complexity index is 552. The van der Waals surface area contributed by atoms with Gasteiger partial charge in [-0.2, -0.15) is 0 Å².